The van der Waals surface area contributed by atoms with E-state index >= 15 is 0 Å². The minimum atomic E-state index is -0.541. The van der Waals surface area contributed by atoms with Crippen LogP contribution < -0.4 is 4.74 Å². The topological polar surface area (TPSA) is 46.5 Å². The average molecular weight is 166 g/mol. The first-order valence-electron chi connectivity index (χ1n) is 3.62. The van der Waals surface area contributed by atoms with Crippen molar-refractivity contribution in [2.75, 3.05) is 0 Å². The average Bonchev–Trinajstić information content (AvgIpc) is 2.05. The lowest BCUT2D eigenvalue weighted by molar-refractivity contribution is -0.120. The van der Waals surface area contributed by atoms with Gasteiger partial charge in [0.15, 0.2) is 0 Å². The highest BCUT2D eigenvalue weighted by molar-refractivity contribution is 5.45. The van der Waals surface area contributed by atoms with E-state index in [1.54, 1.807) is 31.2 Å². The van der Waals surface area contributed by atoms with Gasteiger partial charge in [-0.25, -0.2) is 0 Å². The molecule has 0 saturated heterocycles. The van der Waals surface area contributed by atoms with E-state index < -0.39 is 6.10 Å². The summed E-state index contributed by atoms with van der Waals surface area (Å²) in [4.78, 5) is 9.97. The van der Waals surface area contributed by atoms with Gasteiger partial charge in [0.1, 0.15) is 5.75 Å². The third kappa shape index (κ3) is 2.07. The fraction of sp³-hybridized carbons (Fsp3) is 0.222. The van der Waals surface area contributed by atoms with Gasteiger partial charge in [-0.2, -0.15) is 0 Å². The summed E-state index contributed by atoms with van der Waals surface area (Å²) in [6.45, 7) is 2.02. The Morgan fingerprint density at radius 2 is 2.33 bits per heavy atom. The lowest BCUT2D eigenvalue weighted by atomic mass is 10.1. The smallest absolute Gasteiger partial charge is 0.298 e. The molecule has 0 bridgehead atoms. The van der Waals surface area contributed by atoms with Gasteiger partial charge in [-0.3, -0.25) is 4.79 Å². The zero-order chi connectivity index (χ0) is 8.97. The molecule has 1 rings (SSSR count). The normalized spacial score (nSPS) is 12.2. The van der Waals surface area contributed by atoms with Crippen LogP contribution in [0.5, 0.6) is 5.75 Å². The van der Waals surface area contributed by atoms with Crippen LogP contribution in [0.15, 0.2) is 24.3 Å². The molecule has 1 atom stereocenters. The monoisotopic (exact) mass is 166 g/mol. The molecular weight excluding hydrogens is 156 g/mol. The van der Waals surface area contributed by atoms with Crippen LogP contribution in [0.1, 0.15) is 18.6 Å². The van der Waals surface area contributed by atoms with Gasteiger partial charge >= 0.3 is 0 Å². The number of hydrogen-bond donors (Lipinski definition) is 1. The van der Waals surface area contributed by atoms with E-state index in [1.807, 2.05) is 0 Å². The minimum Gasteiger partial charge on any atom is -0.429 e. The third-order valence-electron chi connectivity index (χ3n) is 1.52. The van der Waals surface area contributed by atoms with Gasteiger partial charge in [0.2, 0.25) is 0 Å². The van der Waals surface area contributed by atoms with E-state index in [0.29, 0.717) is 12.2 Å². The van der Waals surface area contributed by atoms with Gasteiger partial charge in [0, 0.05) is 0 Å². The van der Waals surface area contributed by atoms with Crippen LogP contribution in [0.25, 0.3) is 0 Å². The maximum Gasteiger partial charge on any atom is 0.298 e. The Morgan fingerprint density at radius 3 is 2.92 bits per heavy atom. The Bertz CT molecular complexity index is 268. The molecule has 0 fully saturated rings. The van der Waals surface area contributed by atoms with Crippen LogP contribution in [0, 0.1) is 0 Å². The van der Waals surface area contributed by atoms with Crippen molar-refractivity contribution >= 4 is 6.47 Å². The summed E-state index contributed by atoms with van der Waals surface area (Å²) in [6.07, 6.45) is -0.541. The molecule has 3 nitrogen and oxygen atoms in total. The van der Waals surface area contributed by atoms with Crippen molar-refractivity contribution in [2.45, 2.75) is 13.0 Å². The number of aliphatic hydroxyl groups is 1. The molecule has 0 radical (unpaired) electrons. The molecule has 0 aromatic heterocycles. The molecule has 0 amide bonds. The maximum absolute atomic E-state index is 9.97. The molecule has 1 aromatic rings. The maximum atomic E-state index is 9.97. The summed E-state index contributed by atoms with van der Waals surface area (Å²) in [7, 11) is 0. The molecule has 0 heterocycles. The number of ether oxygens (including phenoxy) is 1. The predicted molar refractivity (Wildman–Crippen MR) is 43.8 cm³/mol. The Balaban J connectivity index is 2.87. The highest BCUT2D eigenvalue weighted by atomic mass is 16.5. The van der Waals surface area contributed by atoms with Gasteiger partial charge in [0.25, 0.3) is 6.47 Å². The van der Waals surface area contributed by atoms with Crippen molar-refractivity contribution in [1.82, 2.24) is 0 Å². The first kappa shape index (κ1) is 8.74. The zero-order valence-corrected chi connectivity index (χ0v) is 6.73. The SMILES string of the molecule is CC(O)c1cccc(OC=O)c1. The number of aliphatic hydroxyl groups excluding tert-OH is 1. The van der Waals surface area contributed by atoms with Crippen LogP contribution in [0.4, 0.5) is 0 Å². The standard InChI is InChI=1S/C9H10O3/c1-7(11)8-3-2-4-9(5-8)12-6-10/h2-7,11H,1H3. The molecule has 0 aliphatic carbocycles. The molecule has 1 unspecified atom stereocenters. The summed E-state index contributed by atoms with van der Waals surface area (Å²) in [5.74, 6) is 0.448. The number of carbonyl (C=O) groups excluding carboxylic acids is 1. The molecule has 1 aromatic carbocycles. The van der Waals surface area contributed by atoms with E-state index in [1.165, 1.54) is 0 Å². The molecule has 12 heavy (non-hydrogen) atoms. The summed E-state index contributed by atoms with van der Waals surface area (Å²) >= 11 is 0. The second-order valence-corrected chi connectivity index (χ2v) is 2.46. The third-order valence-corrected chi connectivity index (χ3v) is 1.52. The fourth-order valence-corrected chi connectivity index (χ4v) is 0.903. The van der Waals surface area contributed by atoms with E-state index in [2.05, 4.69) is 4.74 Å². The second-order valence-electron chi connectivity index (χ2n) is 2.46. The highest BCUT2D eigenvalue weighted by Crippen LogP contribution is 2.17. The lowest BCUT2D eigenvalue weighted by Crippen LogP contribution is -1.93. The van der Waals surface area contributed by atoms with Gasteiger partial charge < -0.3 is 9.84 Å². The van der Waals surface area contributed by atoms with Crippen molar-refractivity contribution in [1.29, 1.82) is 0 Å². The second kappa shape index (κ2) is 3.88. The van der Waals surface area contributed by atoms with Gasteiger partial charge in [-0.1, -0.05) is 12.1 Å². The van der Waals surface area contributed by atoms with Crippen molar-refractivity contribution in [2.24, 2.45) is 0 Å². The number of benzene rings is 1. The molecule has 0 aliphatic rings. The zero-order valence-electron chi connectivity index (χ0n) is 6.73. The van der Waals surface area contributed by atoms with Crippen molar-refractivity contribution < 1.29 is 14.6 Å². The Morgan fingerprint density at radius 1 is 1.58 bits per heavy atom. The molecule has 0 saturated carbocycles. The Kier molecular flexibility index (Phi) is 2.82. The number of rotatable bonds is 3. The Hall–Kier alpha value is -1.35. The molecular formula is C9H10O3. The van der Waals surface area contributed by atoms with Gasteiger partial charge in [0.05, 0.1) is 6.10 Å². The molecule has 64 valence electrons. The first-order chi connectivity index (χ1) is 5.74. The minimum absolute atomic E-state index is 0.362. The van der Waals surface area contributed by atoms with E-state index in [-0.39, 0.29) is 0 Å². The molecule has 0 spiro atoms. The van der Waals surface area contributed by atoms with E-state index in [4.69, 9.17) is 0 Å². The number of hydrogen-bond acceptors (Lipinski definition) is 3. The molecule has 1 N–H and O–H groups in total. The van der Waals surface area contributed by atoms with Crippen molar-refractivity contribution in [3.8, 4) is 5.75 Å². The van der Waals surface area contributed by atoms with Crippen molar-refractivity contribution in [3.63, 3.8) is 0 Å². The number of carbonyl (C=O) groups is 1. The van der Waals surface area contributed by atoms with Crippen LogP contribution in [0.2, 0.25) is 0 Å². The molecule has 0 aliphatic heterocycles. The van der Waals surface area contributed by atoms with Crippen LogP contribution in [0.3, 0.4) is 0 Å². The van der Waals surface area contributed by atoms with E-state index in [0.717, 1.165) is 5.56 Å². The largest absolute Gasteiger partial charge is 0.429 e. The highest BCUT2D eigenvalue weighted by Gasteiger charge is 2.01. The summed E-state index contributed by atoms with van der Waals surface area (Å²) < 4.78 is 4.61. The Labute approximate surface area is 70.6 Å². The van der Waals surface area contributed by atoms with Gasteiger partial charge in [-0.15, -0.1) is 0 Å². The van der Waals surface area contributed by atoms with Gasteiger partial charge in [-0.05, 0) is 24.6 Å². The summed E-state index contributed by atoms with van der Waals surface area (Å²) in [5.41, 5.74) is 0.731. The van der Waals surface area contributed by atoms with Crippen LogP contribution in [-0.2, 0) is 4.79 Å². The lowest BCUT2D eigenvalue weighted by Gasteiger charge is -2.05. The molecule has 3 heteroatoms. The quantitative estimate of drug-likeness (QED) is 0.688. The fourth-order valence-electron chi connectivity index (χ4n) is 0.903. The summed E-state index contributed by atoms with van der Waals surface area (Å²) in [6, 6.07) is 6.77. The predicted octanol–water partition coefficient (Wildman–Crippen LogP) is 1.28. The first-order valence-corrected chi connectivity index (χ1v) is 3.62. The van der Waals surface area contributed by atoms with Crippen molar-refractivity contribution in [3.05, 3.63) is 29.8 Å². The van der Waals surface area contributed by atoms with Crippen LogP contribution in [-0.4, -0.2) is 11.6 Å². The van der Waals surface area contributed by atoms with Crippen LogP contribution >= 0.6 is 0 Å². The van der Waals surface area contributed by atoms with E-state index in [9.17, 15) is 9.90 Å². The summed E-state index contributed by atoms with van der Waals surface area (Å²) in [5, 5.41) is 9.17.